The van der Waals surface area contributed by atoms with Crippen LogP contribution in [0.3, 0.4) is 0 Å². The molecule has 0 aliphatic carbocycles. The Bertz CT molecular complexity index is 286. The Morgan fingerprint density at radius 1 is 1.21 bits per heavy atom. The van der Waals surface area contributed by atoms with Crippen molar-refractivity contribution in [1.29, 1.82) is 0 Å². The van der Waals surface area contributed by atoms with E-state index in [1.54, 1.807) is 0 Å². The van der Waals surface area contributed by atoms with Gasteiger partial charge in [-0.1, -0.05) is 0 Å². The van der Waals surface area contributed by atoms with Crippen molar-refractivity contribution in [2.75, 3.05) is 19.8 Å². The van der Waals surface area contributed by atoms with Crippen LogP contribution in [0, 0.1) is 0 Å². The van der Waals surface area contributed by atoms with Crippen LogP contribution in [0.5, 0.6) is 0 Å². The van der Waals surface area contributed by atoms with Crippen LogP contribution in [-0.2, 0) is 14.3 Å². The van der Waals surface area contributed by atoms with Gasteiger partial charge in [0.25, 0.3) is 0 Å². The first-order valence-electron chi connectivity index (χ1n) is 7.44. The molecule has 19 heavy (non-hydrogen) atoms. The minimum absolute atomic E-state index is 0.0420. The highest BCUT2D eigenvalue weighted by Crippen LogP contribution is 2.15. The van der Waals surface area contributed by atoms with E-state index in [1.807, 2.05) is 6.92 Å². The standard InChI is InChI=1S/C14H26N2O3/c1-10(13-6-4-8-19-13)16-11(2)14(17)15-9-12-5-3-7-18-12/h10-13,16H,3-9H2,1-2H3,(H,15,17)/t10-,11+,12-,13-/m1/s1. The fourth-order valence-corrected chi connectivity index (χ4v) is 2.75. The molecule has 2 fully saturated rings. The Labute approximate surface area is 115 Å². The van der Waals surface area contributed by atoms with Crippen LogP contribution < -0.4 is 10.6 Å². The lowest BCUT2D eigenvalue weighted by Crippen LogP contribution is -2.50. The molecule has 2 N–H and O–H groups in total. The zero-order valence-electron chi connectivity index (χ0n) is 12.0. The first-order valence-corrected chi connectivity index (χ1v) is 7.44. The summed E-state index contributed by atoms with van der Waals surface area (Å²) < 4.78 is 11.1. The summed E-state index contributed by atoms with van der Waals surface area (Å²) in [5, 5.41) is 6.27. The van der Waals surface area contributed by atoms with Crippen LogP contribution in [0.4, 0.5) is 0 Å². The molecule has 1 amide bonds. The summed E-state index contributed by atoms with van der Waals surface area (Å²) in [5.41, 5.74) is 0. The minimum atomic E-state index is -0.194. The smallest absolute Gasteiger partial charge is 0.236 e. The number of carbonyl (C=O) groups is 1. The van der Waals surface area contributed by atoms with Crippen molar-refractivity contribution < 1.29 is 14.3 Å². The first kappa shape index (κ1) is 14.8. The Morgan fingerprint density at radius 3 is 2.58 bits per heavy atom. The summed E-state index contributed by atoms with van der Waals surface area (Å²) in [7, 11) is 0. The van der Waals surface area contributed by atoms with Gasteiger partial charge in [0.2, 0.25) is 5.91 Å². The maximum absolute atomic E-state index is 12.0. The molecule has 5 nitrogen and oxygen atoms in total. The molecular weight excluding hydrogens is 244 g/mol. The first-order chi connectivity index (χ1) is 9.16. The molecule has 0 bridgehead atoms. The third kappa shape index (κ3) is 4.44. The van der Waals surface area contributed by atoms with E-state index < -0.39 is 0 Å². The van der Waals surface area contributed by atoms with E-state index in [-0.39, 0.29) is 30.2 Å². The van der Waals surface area contributed by atoms with E-state index >= 15 is 0 Å². The lowest BCUT2D eigenvalue weighted by atomic mass is 10.1. The van der Waals surface area contributed by atoms with Crippen LogP contribution in [0.1, 0.15) is 39.5 Å². The average Bonchev–Trinajstić information content (AvgIpc) is 3.08. The second-order valence-corrected chi connectivity index (χ2v) is 5.61. The number of hydrogen-bond donors (Lipinski definition) is 2. The van der Waals surface area contributed by atoms with E-state index in [9.17, 15) is 4.79 Å². The maximum atomic E-state index is 12.0. The fourth-order valence-electron chi connectivity index (χ4n) is 2.75. The van der Waals surface area contributed by atoms with Gasteiger partial charge >= 0.3 is 0 Å². The Kier molecular flexibility index (Phi) is 5.60. The molecule has 0 unspecified atom stereocenters. The Balaban J connectivity index is 1.66. The predicted octanol–water partition coefficient (Wildman–Crippen LogP) is 0.827. The predicted molar refractivity (Wildman–Crippen MR) is 73.0 cm³/mol. The lowest BCUT2D eigenvalue weighted by Gasteiger charge is -2.24. The van der Waals surface area contributed by atoms with Crippen molar-refractivity contribution >= 4 is 5.91 Å². The van der Waals surface area contributed by atoms with Gasteiger partial charge in [-0.05, 0) is 39.5 Å². The molecule has 0 spiro atoms. The second kappa shape index (κ2) is 7.22. The quantitative estimate of drug-likeness (QED) is 0.750. The third-order valence-corrected chi connectivity index (χ3v) is 3.96. The Morgan fingerprint density at radius 2 is 1.95 bits per heavy atom. The summed E-state index contributed by atoms with van der Waals surface area (Å²) in [6, 6.07) is 0.0200. The minimum Gasteiger partial charge on any atom is -0.377 e. The zero-order valence-corrected chi connectivity index (χ0v) is 12.0. The molecular formula is C14H26N2O3. The van der Waals surface area contributed by atoms with Gasteiger partial charge in [-0.3, -0.25) is 4.79 Å². The molecule has 0 aromatic rings. The monoisotopic (exact) mass is 270 g/mol. The molecule has 0 saturated carbocycles. The number of ether oxygens (including phenoxy) is 2. The molecule has 2 aliphatic rings. The van der Waals surface area contributed by atoms with Gasteiger partial charge in [0, 0.05) is 25.8 Å². The zero-order chi connectivity index (χ0) is 13.7. The van der Waals surface area contributed by atoms with Gasteiger partial charge in [0.05, 0.1) is 18.2 Å². The van der Waals surface area contributed by atoms with E-state index in [0.29, 0.717) is 6.54 Å². The molecule has 0 aromatic carbocycles. The highest BCUT2D eigenvalue weighted by molar-refractivity contribution is 5.81. The molecule has 110 valence electrons. The van der Waals surface area contributed by atoms with Gasteiger partial charge in [0.1, 0.15) is 0 Å². The van der Waals surface area contributed by atoms with Crippen molar-refractivity contribution in [2.24, 2.45) is 0 Å². The summed E-state index contributed by atoms with van der Waals surface area (Å²) in [6.45, 7) is 6.27. The molecule has 2 rings (SSSR count). The number of nitrogens with one attached hydrogen (secondary N) is 2. The van der Waals surface area contributed by atoms with E-state index in [2.05, 4.69) is 17.6 Å². The fraction of sp³-hybridized carbons (Fsp3) is 0.929. The molecule has 2 heterocycles. The highest BCUT2D eigenvalue weighted by Gasteiger charge is 2.25. The van der Waals surface area contributed by atoms with Crippen molar-refractivity contribution in [3.05, 3.63) is 0 Å². The molecule has 5 heteroatoms. The second-order valence-electron chi connectivity index (χ2n) is 5.61. The van der Waals surface area contributed by atoms with Gasteiger partial charge in [0.15, 0.2) is 0 Å². The third-order valence-electron chi connectivity index (χ3n) is 3.96. The summed E-state index contributed by atoms with van der Waals surface area (Å²) in [6.07, 6.45) is 4.80. The normalized spacial score (nSPS) is 30.2. The molecule has 0 aromatic heterocycles. The van der Waals surface area contributed by atoms with Gasteiger partial charge < -0.3 is 20.1 Å². The molecule has 2 aliphatic heterocycles. The molecule has 4 atom stereocenters. The van der Waals surface area contributed by atoms with Crippen LogP contribution in [-0.4, -0.2) is 50.0 Å². The van der Waals surface area contributed by atoms with Gasteiger partial charge in [-0.25, -0.2) is 0 Å². The lowest BCUT2D eigenvalue weighted by molar-refractivity contribution is -0.123. The van der Waals surface area contributed by atoms with Crippen LogP contribution in [0.2, 0.25) is 0 Å². The number of amides is 1. The molecule has 0 radical (unpaired) electrons. The van der Waals surface area contributed by atoms with E-state index in [1.165, 1.54) is 0 Å². The largest absolute Gasteiger partial charge is 0.377 e. The van der Waals surface area contributed by atoms with Crippen molar-refractivity contribution in [1.82, 2.24) is 10.6 Å². The van der Waals surface area contributed by atoms with Gasteiger partial charge in [-0.2, -0.15) is 0 Å². The Hall–Kier alpha value is -0.650. The van der Waals surface area contributed by atoms with Crippen molar-refractivity contribution in [3.63, 3.8) is 0 Å². The number of rotatable bonds is 6. The van der Waals surface area contributed by atoms with Gasteiger partial charge in [-0.15, -0.1) is 0 Å². The average molecular weight is 270 g/mol. The highest BCUT2D eigenvalue weighted by atomic mass is 16.5. The van der Waals surface area contributed by atoms with E-state index in [0.717, 1.165) is 38.9 Å². The van der Waals surface area contributed by atoms with Crippen LogP contribution in [0.15, 0.2) is 0 Å². The maximum Gasteiger partial charge on any atom is 0.236 e. The number of hydrogen-bond acceptors (Lipinski definition) is 4. The van der Waals surface area contributed by atoms with Crippen LogP contribution in [0.25, 0.3) is 0 Å². The van der Waals surface area contributed by atoms with E-state index in [4.69, 9.17) is 9.47 Å². The summed E-state index contributed by atoms with van der Waals surface area (Å²) in [4.78, 5) is 12.0. The van der Waals surface area contributed by atoms with Crippen molar-refractivity contribution in [3.8, 4) is 0 Å². The van der Waals surface area contributed by atoms with Crippen LogP contribution >= 0.6 is 0 Å². The topological polar surface area (TPSA) is 59.6 Å². The summed E-state index contributed by atoms with van der Waals surface area (Å²) in [5.74, 6) is 0.0420. The molecule has 2 saturated heterocycles. The SMILES string of the molecule is C[C@H](N[C@H](C)[C@H]1CCCO1)C(=O)NC[C@H]1CCCO1. The van der Waals surface area contributed by atoms with Crippen molar-refractivity contribution in [2.45, 2.75) is 63.8 Å². The summed E-state index contributed by atoms with van der Waals surface area (Å²) >= 11 is 0. The number of carbonyl (C=O) groups excluding carboxylic acids is 1.